The highest BCUT2D eigenvalue weighted by Gasteiger charge is 2.21. The molecule has 3 heterocycles. The Morgan fingerprint density at radius 1 is 1.56 bits per heavy atom. The molecule has 2 aromatic rings. The average Bonchev–Trinajstić information content (AvgIpc) is 2.69. The number of rotatable bonds is 1. The number of fused-ring (bicyclic) bond motifs is 1. The minimum atomic E-state index is -0.258. The molecule has 92 valence electrons. The van der Waals surface area contributed by atoms with Gasteiger partial charge in [0.1, 0.15) is 5.69 Å². The summed E-state index contributed by atoms with van der Waals surface area (Å²) in [4.78, 5) is 15.5. The summed E-state index contributed by atoms with van der Waals surface area (Å²) in [6.07, 6.45) is 1.87. The molecule has 7 heteroatoms. The number of nitrogens with zero attached hydrogens (tertiary/aromatic N) is 3. The number of hydrogen-bond acceptors (Lipinski definition) is 4. The van der Waals surface area contributed by atoms with E-state index in [1.165, 1.54) is 0 Å². The van der Waals surface area contributed by atoms with Crippen molar-refractivity contribution < 1.29 is 9.53 Å². The van der Waals surface area contributed by atoms with Crippen LogP contribution >= 0.6 is 15.9 Å². The van der Waals surface area contributed by atoms with Crippen LogP contribution in [0.15, 0.2) is 27.9 Å². The number of pyridine rings is 1. The second kappa shape index (κ2) is 4.09. The van der Waals surface area contributed by atoms with Crippen molar-refractivity contribution in [2.24, 2.45) is 5.10 Å². The van der Waals surface area contributed by atoms with Gasteiger partial charge in [-0.05, 0) is 35.0 Å². The highest BCUT2D eigenvalue weighted by Crippen LogP contribution is 2.21. The van der Waals surface area contributed by atoms with Crippen molar-refractivity contribution in [3.63, 3.8) is 0 Å². The second-order valence-electron chi connectivity index (χ2n) is 3.84. The smallest absolute Gasteiger partial charge is 0.278 e. The highest BCUT2D eigenvalue weighted by atomic mass is 79.9. The highest BCUT2D eigenvalue weighted by molar-refractivity contribution is 9.10. The molecule has 0 aromatic carbocycles. The summed E-state index contributed by atoms with van der Waals surface area (Å²) in [5.74, 6) is 0.115. The van der Waals surface area contributed by atoms with E-state index in [4.69, 9.17) is 4.74 Å². The SMILES string of the molecule is Cc1nc2c(Br)cccn2c1C1=NNC(=O)CO1. The van der Waals surface area contributed by atoms with Crippen molar-refractivity contribution in [3.05, 3.63) is 34.2 Å². The van der Waals surface area contributed by atoms with Gasteiger partial charge in [-0.1, -0.05) is 0 Å². The van der Waals surface area contributed by atoms with Gasteiger partial charge in [-0.15, -0.1) is 5.10 Å². The lowest BCUT2D eigenvalue weighted by atomic mass is 10.3. The van der Waals surface area contributed by atoms with Crippen LogP contribution in [-0.4, -0.2) is 27.8 Å². The zero-order valence-corrected chi connectivity index (χ0v) is 11.1. The monoisotopic (exact) mass is 308 g/mol. The van der Waals surface area contributed by atoms with Crippen molar-refractivity contribution in [1.82, 2.24) is 14.8 Å². The summed E-state index contributed by atoms with van der Waals surface area (Å²) in [6, 6.07) is 3.81. The molecule has 6 nitrogen and oxygen atoms in total. The Morgan fingerprint density at radius 3 is 3.11 bits per heavy atom. The Hall–Kier alpha value is -1.89. The zero-order chi connectivity index (χ0) is 12.7. The maximum absolute atomic E-state index is 11.0. The number of aryl methyl sites for hydroxylation is 1. The standard InChI is InChI=1S/C11H9BrN4O2/c1-6-9(11-15-14-8(17)5-18-11)16-4-2-3-7(12)10(16)13-6/h2-4H,5H2,1H3,(H,14,17). The first-order valence-electron chi connectivity index (χ1n) is 5.29. The average molecular weight is 309 g/mol. The van der Waals surface area contributed by atoms with Crippen LogP contribution < -0.4 is 5.43 Å². The van der Waals surface area contributed by atoms with E-state index < -0.39 is 0 Å². The molecule has 2 aromatic heterocycles. The number of amides is 1. The van der Waals surface area contributed by atoms with Gasteiger partial charge >= 0.3 is 0 Å². The molecule has 1 amide bonds. The van der Waals surface area contributed by atoms with Crippen LogP contribution in [0.1, 0.15) is 11.4 Å². The van der Waals surface area contributed by atoms with E-state index in [1.807, 2.05) is 29.7 Å². The van der Waals surface area contributed by atoms with Crippen LogP contribution in [0.4, 0.5) is 0 Å². The normalized spacial score (nSPS) is 15.2. The minimum absolute atomic E-state index is 0.0283. The van der Waals surface area contributed by atoms with Gasteiger partial charge in [0, 0.05) is 6.20 Å². The van der Waals surface area contributed by atoms with Crippen molar-refractivity contribution in [1.29, 1.82) is 0 Å². The number of aromatic nitrogens is 2. The minimum Gasteiger partial charge on any atom is -0.465 e. The van der Waals surface area contributed by atoms with Crippen molar-refractivity contribution in [2.75, 3.05) is 6.61 Å². The van der Waals surface area contributed by atoms with Crippen molar-refractivity contribution >= 4 is 33.4 Å². The van der Waals surface area contributed by atoms with Crippen LogP contribution in [0.25, 0.3) is 5.65 Å². The quantitative estimate of drug-likeness (QED) is 0.861. The number of hydrogen-bond donors (Lipinski definition) is 1. The van der Waals surface area contributed by atoms with Crippen LogP contribution in [-0.2, 0) is 9.53 Å². The van der Waals surface area contributed by atoms with E-state index in [1.54, 1.807) is 0 Å². The van der Waals surface area contributed by atoms with E-state index in [0.717, 1.165) is 21.5 Å². The van der Waals surface area contributed by atoms with Gasteiger partial charge in [0.15, 0.2) is 12.3 Å². The lowest BCUT2D eigenvalue weighted by molar-refractivity contribution is -0.124. The molecule has 1 aliphatic rings. The maximum atomic E-state index is 11.0. The van der Waals surface area contributed by atoms with Crippen molar-refractivity contribution in [2.45, 2.75) is 6.92 Å². The van der Waals surface area contributed by atoms with Gasteiger partial charge in [0.05, 0.1) is 10.2 Å². The summed E-state index contributed by atoms with van der Waals surface area (Å²) >= 11 is 3.44. The first-order valence-corrected chi connectivity index (χ1v) is 6.09. The molecular weight excluding hydrogens is 300 g/mol. The maximum Gasteiger partial charge on any atom is 0.278 e. The largest absolute Gasteiger partial charge is 0.465 e. The Bertz CT molecular complexity index is 677. The molecule has 1 aliphatic heterocycles. The van der Waals surface area contributed by atoms with Crippen molar-refractivity contribution in [3.8, 4) is 0 Å². The van der Waals surface area contributed by atoms with Gasteiger partial charge in [-0.25, -0.2) is 10.4 Å². The first kappa shape index (κ1) is 11.2. The molecule has 0 atom stereocenters. The third-order valence-corrected chi connectivity index (χ3v) is 3.22. The number of imidazole rings is 1. The number of halogens is 1. The van der Waals surface area contributed by atoms with Crippen LogP contribution in [0, 0.1) is 6.92 Å². The number of carbonyl (C=O) groups excluding carboxylic acids is 1. The fourth-order valence-corrected chi connectivity index (χ4v) is 2.27. The molecule has 0 radical (unpaired) electrons. The van der Waals surface area contributed by atoms with E-state index in [9.17, 15) is 4.79 Å². The molecule has 0 saturated heterocycles. The topological polar surface area (TPSA) is 68.0 Å². The third kappa shape index (κ3) is 1.67. The fourth-order valence-electron chi connectivity index (χ4n) is 1.84. The second-order valence-corrected chi connectivity index (χ2v) is 4.69. The van der Waals surface area contributed by atoms with Crippen LogP contribution in [0.5, 0.6) is 0 Å². The summed E-state index contributed by atoms with van der Waals surface area (Å²) in [6.45, 7) is 1.84. The molecule has 0 saturated carbocycles. The van der Waals surface area contributed by atoms with Gasteiger partial charge in [0.25, 0.3) is 11.8 Å². The Morgan fingerprint density at radius 2 is 2.39 bits per heavy atom. The van der Waals surface area contributed by atoms with Gasteiger partial charge in [-0.3, -0.25) is 9.20 Å². The first-order chi connectivity index (χ1) is 8.66. The van der Waals surface area contributed by atoms with Gasteiger partial charge in [-0.2, -0.15) is 0 Å². The molecule has 0 bridgehead atoms. The molecule has 0 spiro atoms. The Labute approximate surface area is 111 Å². The molecule has 3 rings (SSSR count). The van der Waals surface area contributed by atoms with E-state index in [2.05, 4.69) is 31.4 Å². The molecule has 0 aliphatic carbocycles. The number of carbonyl (C=O) groups is 1. The summed E-state index contributed by atoms with van der Waals surface area (Å²) < 4.78 is 8.08. The molecule has 18 heavy (non-hydrogen) atoms. The van der Waals surface area contributed by atoms with Crippen LogP contribution in [0.2, 0.25) is 0 Å². The predicted molar refractivity (Wildman–Crippen MR) is 68.3 cm³/mol. The van der Waals surface area contributed by atoms with Gasteiger partial charge in [0.2, 0.25) is 0 Å². The zero-order valence-electron chi connectivity index (χ0n) is 9.48. The lowest BCUT2D eigenvalue weighted by Gasteiger charge is -2.13. The summed E-state index contributed by atoms with van der Waals surface area (Å²) in [7, 11) is 0. The molecule has 1 N–H and O–H groups in total. The number of nitrogens with one attached hydrogen (secondary N) is 1. The summed E-state index contributed by atoms with van der Waals surface area (Å²) in [5, 5.41) is 3.91. The van der Waals surface area contributed by atoms with E-state index in [-0.39, 0.29) is 12.5 Å². The Kier molecular flexibility index (Phi) is 2.55. The predicted octanol–water partition coefficient (Wildman–Crippen LogP) is 1.21. The third-order valence-electron chi connectivity index (χ3n) is 2.60. The van der Waals surface area contributed by atoms with Gasteiger partial charge < -0.3 is 4.74 Å². The lowest BCUT2D eigenvalue weighted by Crippen LogP contribution is -2.32. The number of hydrazone groups is 1. The van der Waals surface area contributed by atoms with E-state index >= 15 is 0 Å². The summed E-state index contributed by atoms with van der Waals surface area (Å²) in [5.41, 5.74) is 4.71. The molecular formula is C11H9BrN4O2. The molecule has 0 fully saturated rings. The number of ether oxygens (including phenoxy) is 1. The van der Waals surface area contributed by atoms with Crippen LogP contribution in [0.3, 0.4) is 0 Å². The fraction of sp³-hybridized carbons (Fsp3) is 0.182. The molecule has 0 unspecified atom stereocenters. The Balaban J connectivity index is 2.20. The van der Waals surface area contributed by atoms with E-state index in [0.29, 0.717) is 5.90 Å².